The Balaban J connectivity index is 1.53. The lowest BCUT2D eigenvalue weighted by Crippen LogP contribution is -2.25. The molecule has 1 spiro atoms. The molecule has 5 heteroatoms. The summed E-state index contributed by atoms with van der Waals surface area (Å²) in [7, 11) is 2.02. The maximum absolute atomic E-state index is 12.1. The van der Waals surface area contributed by atoms with Crippen LogP contribution >= 0.6 is 0 Å². The second-order valence-corrected chi connectivity index (χ2v) is 6.42. The Morgan fingerprint density at radius 1 is 1.04 bits per heavy atom. The van der Waals surface area contributed by atoms with Gasteiger partial charge in [0.15, 0.2) is 11.5 Å². The molecule has 1 saturated heterocycles. The highest BCUT2D eigenvalue weighted by Gasteiger charge is 2.54. The molecule has 0 N–H and O–H groups in total. The fraction of sp³-hybridized carbons (Fsp3) is 0.278. The van der Waals surface area contributed by atoms with Crippen LogP contribution in [0.1, 0.15) is 12.8 Å². The first-order valence-corrected chi connectivity index (χ1v) is 7.80. The van der Waals surface area contributed by atoms with Crippen molar-refractivity contribution in [2.45, 2.75) is 18.4 Å². The van der Waals surface area contributed by atoms with Gasteiger partial charge in [0.25, 0.3) is 0 Å². The van der Waals surface area contributed by atoms with Gasteiger partial charge in [0, 0.05) is 13.1 Å². The van der Waals surface area contributed by atoms with E-state index < -0.39 is 0 Å². The summed E-state index contributed by atoms with van der Waals surface area (Å²) in [6.07, 6.45) is 1.67. The number of carbonyl (C=O) groups is 1. The van der Waals surface area contributed by atoms with Gasteiger partial charge in [-0.1, -0.05) is 12.1 Å². The van der Waals surface area contributed by atoms with Crippen LogP contribution < -0.4 is 14.5 Å². The second-order valence-electron chi connectivity index (χ2n) is 6.42. The number of anilines is 3. The first kappa shape index (κ1) is 12.8. The number of hydrogen-bond donors (Lipinski definition) is 0. The molecule has 2 aliphatic heterocycles. The van der Waals surface area contributed by atoms with Crippen LogP contribution in [0.5, 0.6) is 11.5 Å². The zero-order chi connectivity index (χ0) is 15.6. The third-order valence-corrected chi connectivity index (χ3v) is 4.84. The van der Waals surface area contributed by atoms with E-state index in [0.717, 1.165) is 41.4 Å². The normalized spacial score (nSPS) is 20.0. The molecule has 0 aromatic heterocycles. The molecular weight excluding hydrogens is 292 g/mol. The van der Waals surface area contributed by atoms with Gasteiger partial charge in [-0.3, -0.25) is 4.90 Å². The van der Waals surface area contributed by atoms with Crippen molar-refractivity contribution in [2.75, 3.05) is 23.4 Å². The molecule has 23 heavy (non-hydrogen) atoms. The van der Waals surface area contributed by atoms with Gasteiger partial charge in [0.05, 0.1) is 23.6 Å². The van der Waals surface area contributed by atoms with Crippen LogP contribution in [0.25, 0.3) is 0 Å². The van der Waals surface area contributed by atoms with E-state index in [9.17, 15) is 4.79 Å². The zero-order valence-electron chi connectivity index (χ0n) is 12.8. The Kier molecular flexibility index (Phi) is 2.33. The third kappa shape index (κ3) is 1.82. The van der Waals surface area contributed by atoms with E-state index in [-0.39, 0.29) is 11.7 Å². The summed E-state index contributed by atoms with van der Waals surface area (Å²) in [5.41, 5.74) is 2.62. The molecule has 0 unspecified atom stereocenters. The molecule has 1 saturated carbocycles. The summed E-state index contributed by atoms with van der Waals surface area (Å²) in [5, 5.41) is 0. The van der Waals surface area contributed by atoms with Crippen molar-refractivity contribution >= 4 is 23.2 Å². The Hall–Kier alpha value is -2.69. The van der Waals surface area contributed by atoms with Gasteiger partial charge in [-0.05, 0) is 37.1 Å². The maximum atomic E-state index is 12.1. The molecule has 3 aliphatic rings. The van der Waals surface area contributed by atoms with Crippen LogP contribution in [0.2, 0.25) is 0 Å². The molecule has 0 radical (unpaired) electrons. The number of nitrogens with zero attached hydrogens (tertiary/aromatic N) is 2. The van der Waals surface area contributed by atoms with Crippen LogP contribution in [0, 0.1) is 0 Å². The van der Waals surface area contributed by atoms with Gasteiger partial charge in [-0.15, -0.1) is 0 Å². The number of fused-ring (bicyclic) bond motifs is 2. The van der Waals surface area contributed by atoms with Crippen molar-refractivity contribution in [1.29, 1.82) is 0 Å². The van der Waals surface area contributed by atoms with E-state index in [0.29, 0.717) is 6.54 Å². The summed E-state index contributed by atoms with van der Waals surface area (Å²) >= 11 is 0. The molecule has 1 aliphatic carbocycles. The monoisotopic (exact) mass is 308 g/mol. The summed E-state index contributed by atoms with van der Waals surface area (Å²) in [6, 6.07) is 13.8. The van der Waals surface area contributed by atoms with E-state index in [2.05, 4.69) is 4.90 Å². The van der Waals surface area contributed by atoms with Gasteiger partial charge >= 0.3 is 6.09 Å². The van der Waals surface area contributed by atoms with Crippen LogP contribution in [0.15, 0.2) is 42.5 Å². The Labute approximate surface area is 134 Å². The number of amides is 1. The average molecular weight is 308 g/mol. The molecular formula is C18H16N2O3. The van der Waals surface area contributed by atoms with Crippen molar-refractivity contribution in [3.63, 3.8) is 0 Å². The summed E-state index contributed by atoms with van der Waals surface area (Å²) < 4.78 is 11.5. The van der Waals surface area contributed by atoms with Gasteiger partial charge < -0.3 is 14.4 Å². The first-order valence-electron chi connectivity index (χ1n) is 7.80. The standard InChI is InChI=1S/C18H16N2O3/c1-19-13-4-2-3-5-15(13)22-16-10-12(6-7-14(16)19)20-11-18(8-9-18)23-17(20)21/h2-7,10H,8-9,11H2,1H3. The van der Waals surface area contributed by atoms with Crippen molar-refractivity contribution in [3.05, 3.63) is 42.5 Å². The minimum absolute atomic E-state index is 0.225. The zero-order valence-corrected chi connectivity index (χ0v) is 12.8. The van der Waals surface area contributed by atoms with E-state index in [1.807, 2.05) is 49.5 Å². The smallest absolute Gasteiger partial charge is 0.415 e. The molecule has 5 rings (SSSR count). The third-order valence-electron chi connectivity index (χ3n) is 4.84. The van der Waals surface area contributed by atoms with Gasteiger partial charge in [-0.2, -0.15) is 0 Å². The van der Waals surface area contributed by atoms with Crippen molar-refractivity contribution in [1.82, 2.24) is 0 Å². The average Bonchev–Trinajstić information content (AvgIpc) is 3.22. The van der Waals surface area contributed by atoms with Crippen LogP contribution in [0.4, 0.5) is 21.9 Å². The molecule has 2 heterocycles. The van der Waals surface area contributed by atoms with Crippen molar-refractivity contribution < 1.29 is 14.3 Å². The van der Waals surface area contributed by atoms with Gasteiger partial charge in [-0.25, -0.2) is 4.79 Å². The van der Waals surface area contributed by atoms with E-state index in [1.165, 1.54) is 0 Å². The lowest BCUT2D eigenvalue weighted by molar-refractivity contribution is 0.129. The fourth-order valence-electron chi connectivity index (χ4n) is 3.32. The van der Waals surface area contributed by atoms with E-state index in [4.69, 9.17) is 9.47 Å². The molecule has 0 bridgehead atoms. The lowest BCUT2D eigenvalue weighted by atomic mass is 10.1. The Morgan fingerprint density at radius 2 is 1.83 bits per heavy atom. The number of ether oxygens (including phenoxy) is 2. The van der Waals surface area contributed by atoms with Crippen molar-refractivity contribution in [3.8, 4) is 11.5 Å². The van der Waals surface area contributed by atoms with Crippen LogP contribution in [-0.4, -0.2) is 25.3 Å². The first-order chi connectivity index (χ1) is 11.2. The number of benzene rings is 2. The SMILES string of the molecule is CN1c2ccccc2Oc2cc(N3CC4(CC4)OC3=O)ccc21. The predicted octanol–water partition coefficient (Wildman–Crippen LogP) is 4.05. The molecule has 1 amide bonds. The summed E-state index contributed by atoms with van der Waals surface area (Å²) in [5.74, 6) is 1.58. The molecule has 116 valence electrons. The van der Waals surface area contributed by atoms with Crippen LogP contribution in [-0.2, 0) is 4.74 Å². The Morgan fingerprint density at radius 3 is 2.61 bits per heavy atom. The Bertz CT molecular complexity index is 829. The summed E-state index contributed by atoms with van der Waals surface area (Å²) in [4.78, 5) is 15.9. The molecule has 2 aromatic rings. The fourth-order valence-corrected chi connectivity index (χ4v) is 3.32. The summed E-state index contributed by atoms with van der Waals surface area (Å²) in [6.45, 7) is 0.636. The largest absolute Gasteiger partial charge is 0.453 e. The van der Waals surface area contributed by atoms with Crippen LogP contribution in [0.3, 0.4) is 0 Å². The number of carbonyl (C=O) groups excluding carboxylic acids is 1. The molecule has 5 nitrogen and oxygen atoms in total. The number of hydrogen-bond acceptors (Lipinski definition) is 4. The van der Waals surface area contributed by atoms with Crippen molar-refractivity contribution in [2.24, 2.45) is 0 Å². The minimum atomic E-state index is -0.257. The maximum Gasteiger partial charge on any atom is 0.415 e. The molecule has 0 atom stereocenters. The highest BCUT2D eigenvalue weighted by Crippen LogP contribution is 2.49. The quantitative estimate of drug-likeness (QED) is 0.797. The minimum Gasteiger partial charge on any atom is -0.453 e. The highest BCUT2D eigenvalue weighted by atomic mass is 16.6. The van der Waals surface area contributed by atoms with E-state index in [1.54, 1.807) is 4.90 Å². The molecule has 2 aromatic carbocycles. The highest BCUT2D eigenvalue weighted by molar-refractivity contribution is 5.92. The lowest BCUT2D eigenvalue weighted by Gasteiger charge is -2.30. The predicted molar refractivity (Wildman–Crippen MR) is 86.8 cm³/mol. The number of rotatable bonds is 1. The van der Waals surface area contributed by atoms with Gasteiger partial charge in [0.1, 0.15) is 5.60 Å². The topological polar surface area (TPSA) is 42.0 Å². The van der Waals surface area contributed by atoms with Gasteiger partial charge in [0.2, 0.25) is 0 Å². The van der Waals surface area contributed by atoms with E-state index >= 15 is 0 Å². The number of para-hydroxylation sites is 2. The molecule has 2 fully saturated rings. The second kappa shape index (κ2) is 4.19.